The third-order valence-electron chi connectivity index (χ3n) is 4.30. The Morgan fingerprint density at radius 3 is 2.16 bits per heavy atom. The van der Waals surface area contributed by atoms with E-state index in [4.69, 9.17) is 18.9 Å². The zero-order valence-corrected chi connectivity index (χ0v) is 17.7. The summed E-state index contributed by atoms with van der Waals surface area (Å²) in [7, 11) is 4.44. The summed E-state index contributed by atoms with van der Waals surface area (Å²) in [6.45, 7) is 0. The van der Waals surface area contributed by atoms with Crippen molar-refractivity contribution in [3.8, 4) is 23.0 Å². The number of methoxy groups -OCH3 is 3. The van der Waals surface area contributed by atoms with Crippen LogP contribution in [0.25, 0.3) is 0 Å². The van der Waals surface area contributed by atoms with Crippen molar-refractivity contribution < 1.29 is 28.5 Å². The molecule has 1 amide bonds. The number of amides is 1. The van der Waals surface area contributed by atoms with Crippen LogP contribution in [0.4, 0.5) is 0 Å². The molecule has 1 aromatic heterocycles. The first-order valence-electron chi connectivity index (χ1n) is 9.40. The van der Waals surface area contributed by atoms with E-state index in [1.54, 1.807) is 48.5 Å². The second-order valence-electron chi connectivity index (χ2n) is 6.34. The summed E-state index contributed by atoms with van der Waals surface area (Å²) in [6, 6.07) is 12.8. The molecule has 1 N–H and O–H groups in total. The van der Waals surface area contributed by atoms with Crippen LogP contribution in [0.5, 0.6) is 23.0 Å². The number of nitrogens with zero attached hydrogens (tertiary/aromatic N) is 2. The summed E-state index contributed by atoms with van der Waals surface area (Å²) in [5.74, 6) is 0.489. The normalized spacial score (nSPS) is 10.5. The van der Waals surface area contributed by atoms with Crippen LogP contribution in [-0.2, 0) is 0 Å². The van der Waals surface area contributed by atoms with E-state index >= 15 is 0 Å². The number of ether oxygens (including phenoxy) is 4. The molecule has 0 aliphatic heterocycles. The number of hydrazone groups is 1. The molecule has 9 nitrogen and oxygen atoms in total. The van der Waals surface area contributed by atoms with Crippen LogP contribution in [0, 0.1) is 0 Å². The van der Waals surface area contributed by atoms with Gasteiger partial charge in [0.25, 0.3) is 5.91 Å². The third kappa shape index (κ3) is 5.60. The minimum Gasteiger partial charge on any atom is -0.497 e. The first-order chi connectivity index (χ1) is 15.5. The summed E-state index contributed by atoms with van der Waals surface area (Å²) < 4.78 is 21.2. The van der Waals surface area contributed by atoms with Gasteiger partial charge in [-0.3, -0.25) is 9.78 Å². The molecule has 0 unspecified atom stereocenters. The molecule has 0 saturated heterocycles. The topological polar surface area (TPSA) is 108 Å². The maximum Gasteiger partial charge on any atom is 0.343 e. The molecule has 1 heterocycles. The number of rotatable bonds is 8. The Bertz CT molecular complexity index is 1110. The van der Waals surface area contributed by atoms with E-state index < -0.39 is 5.97 Å². The second kappa shape index (κ2) is 10.6. The molecule has 0 aliphatic rings. The molecule has 0 spiro atoms. The first kappa shape index (κ1) is 22.3. The van der Waals surface area contributed by atoms with Crippen LogP contribution in [0.2, 0.25) is 0 Å². The SMILES string of the molecule is COc1cc(OC)cc(C(=O)Oc2ccc(C=NNC(=O)c3ccncc3)cc2OC)c1. The molecular formula is C23H21N3O6. The predicted octanol–water partition coefficient (Wildman–Crippen LogP) is 3.09. The van der Waals surface area contributed by atoms with Crippen molar-refractivity contribution in [3.63, 3.8) is 0 Å². The summed E-state index contributed by atoms with van der Waals surface area (Å²) in [5.41, 5.74) is 3.75. The van der Waals surface area contributed by atoms with E-state index in [0.29, 0.717) is 28.4 Å². The van der Waals surface area contributed by atoms with E-state index in [0.717, 1.165) is 0 Å². The molecular weight excluding hydrogens is 414 g/mol. The standard InChI is InChI=1S/C23H21N3O6/c1-29-18-11-17(12-19(13-18)30-2)23(28)32-20-5-4-15(10-21(20)31-3)14-25-26-22(27)16-6-8-24-9-7-16/h4-14H,1-3H3,(H,26,27). The fourth-order valence-corrected chi connectivity index (χ4v) is 2.67. The Morgan fingerprint density at radius 1 is 0.844 bits per heavy atom. The van der Waals surface area contributed by atoms with Crippen molar-refractivity contribution in [2.75, 3.05) is 21.3 Å². The zero-order valence-electron chi connectivity index (χ0n) is 17.7. The highest BCUT2D eigenvalue weighted by molar-refractivity contribution is 5.95. The lowest BCUT2D eigenvalue weighted by Gasteiger charge is -2.11. The van der Waals surface area contributed by atoms with Crippen molar-refractivity contribution >= 4 is 18.1 Å². The summed E-state index contributed by atoms with van der Waals surface area (Å²) in [4.78, 5) is 28.5. The highest BCUT2D eigenvalue weighted by atomic mass is 16.6. The molecule has 3 rings (SSSR count). The van der Waals surface area contributed by atoms with Crippen molar-refractivity contribution in [1.29, 1.82) is 0 Å². The lowest BCUT2D eigenvalue weighted by molar-refractivity contribution is 0.0728. The van der Waals surface area contributed by atoms with Crippen molar-refractivity contribution in [2.24, 2.45) is 5.10 Å². The van der Waals surface area contributed by atoms with Crippen LogP contribution < -0.4 is 24.4 Å². The zero-order chi connectivity index (χ0) is 22.9. The Labute approximate surface area is 184 Å². The van der Waals surface area contributed by atoms with Gasteiger partial charge in [-0.1, -0.05) is 0 Å². The number of benzene rings is 2. The highest BCUT2D eigenvalue weighted by Gasteiger charge is 2.15. The number of carbonyl (C=O) groups is 2. The summed E-state index contributed by atoms with van der Waals surface area (Å²) >= 11 is 0. The molecule has 0 aliphatic carbocycles. The highest BCUT2D eigenvalue weighted by Crippen LogP contribution is 2.29. The predicted molar refractivity (Wildman–Crippen MR) is 117 cm³/mol. The van der Waals surface area contributed by atoms with Gasteiger partial charge in [-0.15, -0.1) is 0 Å². The van der Waals surface area contributed by atoms with Crippen LogP contribution in [-0.4, -0.2) is 44.4 Å². The smallest absolute Gasteiger partial charge is 0.343 e. The van der Waals surface area contributed by atoms with Gasteiger partial charge in [0.1, 0.15) is 11.5 Å². The van der Waals surface area contributed by atoms with Gasteiger partial charge in [-0.05, 0) is 48.0 Å². The molecule has 0 radical (unpaired) electrons. The first-order valence-corrected chi connectivity index (χ1v) is 9.40. The summed E-state index contributed by atoms with van der Waals surface area (Å²) in [6.07, 6.45) is 4.48. The quantitative estimate of drug-likeness (QED) is 0.251. The fraction of sp³-hybridized carbons (Fsp3) is 0.130. The number of esters is 1. The lowest BCUT2D eigenvalue weighted by atomic mass is 10.2. The summed E-state index contributed by atoms with van der Waals surface area (Å²) in [5, 5.41) is 3.93. The maximum atomic E-state index is 12.6. The Hall–Kier alpha value is -4.40. The van der Waals surface area contributed by atoms with E-state index in [9.17, 15) is 9.59 Å². The van der Waals surface area contributed by atoms with Gasteiger partial charge >= 0.3 is 5.97 Å². The van der Waals surface area contributed by atoms with Crippen LogP contribution in [0.15, 0.2) is 66.0 Å². The van der Waals surface area contributed by atoms with E-state index in [1.165, 1.54) is 39.9 Å². The monoisotopic (exact) mass is 435 g/mol. The molecule has 32 heavy (non-hydrogen) atoms. The molecule has 3 aromatic rings. The van der Waals surface area contributed by atoms with Gasteiger partial charge < -0.3 is 18.9 Å². The van der Waals surface area contributed by atoms with Crippen molar-refractivity contribution in [3.05, 3.63) is 77.6 Å². The van der Waals surface area contributed by atoms with Gasteiger partial charge in [0.15, 0.2) is 11.5 Å². The van der Waals surface area contributed by atoms with Gasteiger partial charge in [0, 0.05) is 24.0 Å². The average molecular weight is 435 g/mol. The average Bonchev–Trinajstić information content (AvgIpc) is 2.84. The van der Waals surface area contributed by atoms with Gasteiger partial charge in [0.2, 0.25) is 0 Å². The van der Waals surface area contributed by atoms with E-state index in [-0.39, 0.29) is 17.2 Å². The number of hydrogen-bond donors (Lipinski definition) is 1. The van der Waals surface area contributed by atoms with Crippen LogP contribution in [0.1, 0.15) is 26.3 Å². The third-order valence-corrected chi connectivity index (χ3v) is 4.30. The van der Waals surface area contributed by atoms with E-state index in [2.05, 4.69) is 15.5 Å². The van der Waals surface area contributed by atoms with Crippen molar-refractivity contribution in [2.45, 2.75) is 0 Å². The molecule has 0 bridgehead atoms. The number of nitrogens with one attached hydrogen (secondary N) is 1. The minimum absolute atomic E-state index is 0.220. The minimum atomic E-state index is -0.605. The Balaban J connectivity index is 1.71. The van der Waals surface area contributed by atoms with E-state index in [1.807, 2.05) is 0 Å². The van der Waals surface area contributed by atoms with Gasteiger partial charge in [-0.2, -0.15) is 5.10 Å². The number of pyridine rings is 1. The largest absolute Gasteiger partial charge is 0.497 e. The molecule has 2 aromatic carbocycles. The van der Waals surface area contributed by atoms with Crippen molar-refractivity contribution in [1.82, 2.24) is 10.4 Å². The fourth-order valence-electron chi connectivity index (χ4n) is 2.67. The Kier molecular flexibility index (Phi) is 7.37. The lowest BCUT2D eigenvalue weighted by Crippen LogP contribution is -2.17. The Morgan fingerprint density at radius 2 is 1.53 bits per heavy atom. The second-order valence-corrected chi connectivity index (χ2v) is 6.34. The molecule has 9 heteroatoms. The molecule has 0 saturated carbocycles. The number of aromatic nitrogens is 1. The maximum absolute atomic E-state index is 12.6. The van der Waals surface area contributed by atoms with Gasteiger partial charge in [0.05, 0.1) is 33.1 Å². The number of hydrogen-bond acceptors (Lipinski definition) is 8. The molecule has 0 fully saturated rings. The van der Waals surface area contributed by atoms with Crippen LogP contribution >= 0.6 is 0 Å². The van der Waals surface area contributed by atoms with Crippen LogP contribution in [0.3, 0.4) is 0 Å². The molecule has 164 valence electrons. The van der Waals surface area contributed by atoms with Gasteiger partial charge in [-0.25, -0.2) is 10.2 Å². The number of carbonyl (C=O) groups excluding carboxylic acids is 2. The molecule has 0 atom stereocenters.